The molecule has 0 heterocycles. The Balaban J connectivity index is 2.00. The van der Waals surface area contributed by atoms with Crippen LogP contribution in [0.25, 0.3) is 6.08 Å². The van der Waals surface area contributed by atoms with Crippen LogP contribution in [0.3, 0.4) is 0 Å². The van der Waals surface area contributed by atoms with Gasteiger partial charge in [-0.2, -0.15) is 0 Å². The molecule has 35 heavy (non-hydrogen) atoms. The molecule has 0 saturated heterocycles. The van der Waals surface area contributed by atoms with Crippen molar-refractivity contribution in [3.63, 3.8) is 0 Å². The summed E-state index contributed by atoms with van der Waals surface area (Å²) >= 11 is 0. The second-order valence-corrected chi connectivity index (χ2v) is 10.4. The lowest BCUT2D eigenvalue weighted by atomic mass is 10.0. The fraction of sp³-hybridized carbons (Fsp3) is 0.727. The zero-order valence-electron chi connectivity index (χ0n) is 23.3. The molecule has 0 atom stereocenters. The van der Waals surface area contributed by atoms with Gasteiger partial charge < -0.3 is 4.74 Å². The van der Waals surface area contributed by atoms with Gasteiger partial charge in [0.1, 0.15) is 0 Å². The SMILES string of the molecule is CCCCCCCCCCCCOC(=O)C=Cc1ccc(CCCCCCCCCCCC)cc1. The van der Waals surface area contributed by atoms with Crippen LogP contribution in [0.5, 0.6) is 0 Å². The van der Waals surface area contributed by atoms with Gasteiger partial charge in [0, 0.05) is 6.08 Å². The molecule has 1 aromatic rings. The third-order valence-corrected chi connectivity index (χ3v) is 6.95. The summed E-state index contributed by atoms with van der Waals surface area (Å²) in [6.45, 7) is 5.08. The summed E-state index contributed by atoms with van der Waals surface area (Å²) in [5.41, 5.74) is 2.46. The van der Waals surface area contributed by atoms with Crippen molar-refractivity contribution in [1.29, 1.82) is 0 Å². The Hall–Kier alpha value is -1.57. The van der Waals surface area contributed by atoms with Crippen molar-refractivity contribution in [2.75, 3.05) is 6.61 Å². The second-order valence-electron chi connectivity index (χ2n) is 10.4. The maximum atomic E-state index is 11.9. The highest BCUT2D eigenvalue weighted by molar-refractivity contribution is 5.87. The fourth-order valence-electron chi connectivity index (χ4n) is 4.59. The van der Waals surface area contributed by atoms with Crippen LogP contribution in [-0.4, -0.2) is 12.6 Å². The van der Waals surface area contributed by atoms with Gasteiger partial charge in [-0.25, -0.2) is 4.79 Å². The van der Waals surface area contributed by atoms with E-state index in [4.69, 9.17) is 4.74 Å². The fourth-order valence-corrected chi connectivity index (χ4v) is 4.59. The standard InChI is InChI=1S/C33H56O2/c1-3-5-7-9-11-13-15-17-19-21-23-31-24-26-32(27-25-31)28-29-33(34)35-30-22-20-18-16-14-12-10-8-6-4-2/h24-29H,3-23,30H2,1-2H3. The van der Waals surface area contributed by atoms with Gasteiger partial charge in [-0.3, -0.25) is 0 Å². The number of aryl methyl sites for hydroxylation is 1. The molecule has 0 bridgehead atoms. The molecule has 0 aliphatic heterocycles. The van der Waals surface area contributed by atoms with Crippen molar-refractivity contribution in [3.05, 3.63) is 41.5 Å². The molecule has 0 aliphatic rings. The Morgan fingerprint density at radius 3 is 1.51 bits per heavy atom. The molecule has 0 fully saturated rings. The highest BCUT2D eigenvalue weighted by Gasteiger charge is 1.99. The van der Waals surface area contributed by atoms with Crippen LogP contribution in [0.2, 0.25) is 0 Å². The summed E-state index contributed by atoms with van der Waals surface area (Å²) in [4.78, 5) is 11.9. The largest absolute Gasteiger partial charge is 0.463 e. The van der Waals surface area contributed by atoms with Gasteiger partial charge in [-0.05, 0) is 36.5 Å². The molecule has 200 valence electrons. The van der Waals surface area contributed by atoms with Crippen LogP contribution >= 0.6 is 0 Å². The molecule has 0 aromatic heterocycles. The number of carbonyl (C=O) groups excluding carboxylic acids is 1. The average Bonchev–Trinajstić information content (AvgIpc) is 2.88. The Kier molecular flexibility index (Phi) is 21.7. The topological polar surface area (TPSA) is 26.3 Å². The Morgan fingerprint density at radius 2 is 1.03 bits per heavy atom. The second kappa shape index (κ2) is 24.1. The zero-order chi connectivity index (χ0) is 25.2. The van der Waals surface area contributed by atoms with Crippen molar-refractivity contribution >= 4 is 12.0 Å². The minimum atomic E-state index is -0.227. The molecule has 0 N–H and O–H groups in total. The molecule has 2 nitrogen and oxygen atoms in total. The first-order chi connectivity index (χ1) is 17.3. The van der Waals surface area contributed by atoms with Crippen LogP contribution in [0.4, 0.5) is 0 Å². The van der Waals surface area contributed by atoms with Crippen molar-refractivity contribution in [1.82, 2.24) is 0 Å². The number of benzene rings is 1. The van der Waals surface area contributed by atoms with E-state index < -0.39 is 0 Å². The summed E-state index contributed by atoms with van der Waals surface area (Å²) in [5.74, 6) is -0.227. The summed E-state index contributed by atoms with van der Waals surface area (Å²) in [6, 6.07) is 8.61. The van der Waals surface area contributed by atoms with E-state index in [2.05, 4.69) is 38.1 Å². The number of carbonyl (C=O) groups is 1. The van der Waals surface area contributed by atoms with E-state index in [-0.39, 0.29) is 5.97 Å². The molecule has 0 unspecified atom stereocenters. The first-order valence-electron chi connectivity index (χ1n) is 15.2. The molecule has 0 aliphatic carbocycles. The van der Waals surface area contributed by atoms with E-state index >= 15 is 0 Å². The molecular weight excluding hydrogens is 428 g/mol. The number of ether oxygens (including phenoxy) is 1. The van der Waals surface area contributed by atoms with E-state index in [1.54, 1.807) is 6.08 Å². The lowest BCUT2D eigenvalue weighted by Crippen LogP contribution is -2.02. The zero-order valence-corrected chi connectivity index (χ0v) is 23.3. The summed E-state index contributed by atoms with van der Waals surface area (Å²) in [5, 5.41) is 0. The van der Waals surface area contributed by atoms with Crippen LogP contribution in [0, 0.1) is 0 Å². The maximum absolute atomic E-state index is 11.9. The molecule has 0 radical (unpaired) electrons. The molecular formula is C33H56O2. The minimum Gasteiger partial charge on any atom is -0.463 e. The Bertz CT molecular complexity index is 616. The maximum Gasteiger partial charge on any atom is 0.330 e. The van der Waals surface area contributed by atoms with Gasteiger partial charge in [-0.1, -0.05) is 154 Å². The monoisotopic (exact) mass is 484 g/mol. The van der Waals surface area contributed by atoms with Gasteiger partial charge in [0.05, 0.1) is 6.61 Å². The number of esters is 1. The average molecular weight is 485 g/mol. The van der Waals surface area contributed by atoms with Crippen molar-refractivity contribution < 1.29 is 9.53 Å². The van der Waals surface area contributed by atoms with Crippen molar-refractivity contribution in [2.24, 2.45) is 0 Å². The van der Waals surface area contributed by atoms with Gasteiger partial charge in [0.2, 0.25) is 0 Å². The van der Waals surface area contributed by atoms with Gasteiger partial charge in [-0.15, -0.1) is 0 Å². The van der Waals surface area contributed by atoms with E-state index in [0.29, 0.717) is 6.61 Å². The highest BCUT2D eigenvalue weighted by Crippen LogP contribution is 2.14. The number of rotatable bonds is 24. The molecule has 0 amide bonds. The summed E-state index contributed by atoms with van der Waals surface area (Å²) in [6.07, 6.45) is 31.3. The smallest absolute Gasteiger partial charge is 0.330 e. The van der Waals surface area contributed by atoms with E-state index in [9.17, 15) is 4.79 Å². The number of unbranched alkanes of at least 4 members (excludes halogenated alkanes) is 18. The van der Waals surface area contributed by atoms with Gasteiger partial charge in [0.15, 0.2) is 0 Å². The lowest BCUT2D eigenvalue weighted by molar-refractivity contribution is -0.137. The Labute approximate surface area is 218 Å². The summed E-state index contributed by atoms with van der Waals surface area (Å²) < 4.78 is 5.35. The van der Waals surface area contributed by atoms with Crippen molar-refractivity contribution in [2.45, 2.75) is 149 Å². The quantitative estimate of drug-likeness (QED) is 0.0828. The first kappa shape index (κ1) is 31.5. The first-order valence-corrected chi connectivity index (χ1v) is 15.2. The predicted molar refractivity (Wildman–Crippen MR) is 154 cm³/mol. The van der Waals surface area contributed by atoms with Crippen LogP contribution < -0.4 is 0 Å². The number of hydrogen-bond acceptors (Lipinski definition) is 2. The third-order valence-electron chi connectivity index (χ3n) is 6.95. The summed E-state index contributed by atoms with van der Waals surface area (Å²) in [7, 11) is 0. The molecule has 1 aromatic carbocycles. The predicted octanol–water partition coefficient (Wildman–Crippen LogP) is 10.6. The molecule has 2 heteroatoms. The third kappa shape index (κ3) is 20.3. The van der Waals surface area contributed by atoms with E-state index in [1.807, 2.05) is 6.08 Å². The number of hydrogen-bond donors (Lipinski definition) is 0. The van der Waals surface area contributed by atoms with Gasteiger partial charge >= 0.3 is 5.97 Å². The highest BCUT2D eigenvalue weighted by atomic mass is 16.5. The minimum absolute atomic E-state index is 0.227. The van der Waals surface area contributed by atoms with Crippen LogP contribution in [-0.2, 0) is 16.0 Å². The van der Waals surface area contributed by atoms with Crippen molar-refractivity contribution in [3.8, 4) is 0 Å². The molecule has 0 saturated carbocycles. The van der Waals surface area contributed by atoms with Crippen LogP contribution in [0.15, 0.2) is 30.3 Å². The van der Waals surface area contributed by atoms with Gasteiger partial charge in [0.25, 0.3) is 0 Å². The van der Waals surface area contributed by atoms with E-state index in [1.165, 1.54) is 121 Å². The molecule has 0 spiro atoms. The Morgan fingerprint density at radius 1 is 0.600 bits per heavy atom. The lowest BCUT2D eigenvalue weighted by Gasteiger charge is -2.04. The normalized spacial score (nSPS) is 11.4. The molecule has 1 rings (SSSR count). The van der Waals surface area contributed by atoms with Crippen LogP contribution in [0.1, 0.15) is 153 Å². The van der Waals surface area contributed by atoms with E-state index in [0.717, 1.165) is 24.8 Å².